The zero-order chi connectivity index (χ0) is 34.7. The SMILES string of the molecule is C[C@@H]1CC[C@]2(C(=O)O[C@@H]3O[C@H](CO)[C@@H](O)[C@H](O)[C@H]3O)CC[C@]3(C)C(=CC[C@@H]4[C@@]5(C)C[C@@H](O)[C@H](O)[C@@](C)(C=O)[C@@H]5CC[C@]43C)[C@@H]2[C@]1(C)O. The van der Waals surface area contributed by atoms with E-state index < -0.39 is 88.7 Å². The quantitative estimate of drug-likeness (QED) is 0.131. The first kappa shape index (κ1) is 35.4. The molecule has 11 nitrogen and oxygen atoms in total. The number of aldehydes is 1. The average molecular weight is 665 g/mol. The zero-order valence-electron chi connectivity index (χ0n) is 28.6. The van der Waals surface area contributed by atoms with Crippen LogP contribution in [-0.4, -0.2) is 103 Å². The van der Waals surface area contributed by atoms with E-state index in [1.54, 1.807) is 13.8 Å². The lowest BCUT2D eigenvalue weighted by Crippen LogP contribution is -2.69. The number of rotatable bonds is 4. The molecule has 1 heterocycles. The van der Waals surface area contributed by atoms with Gasteiger partial charge in [-0.3, -0.25) is 4.79 Å². The molecule has 5 fully saturated rings. The van der Waals surface area contributed by atoms with Gasteiger partial charge in [-0.05, 0) is 92.3 Å². The molecule has 0 amide bonds. The fourth-order valence-electron chi connectivity index (χ4n) is 12.2. The summed E-state index contributed by atoms with van der Waals surface area (Å²) >= 11 is 0. The molecule has 0 aromatic rings. The Morgan fingerprint density at radius 2 is 1.64 bits per heavy atom. The van der Waals surface area contributed by atoms with E-state index in [0.717, 1.165) is 18.3 Å². The maximum atomic E-state index is 14.5. The third-order valence-electron chi connectivity index (χ3n) is 15.5. The third kappa shape index (κ3) is 4.52. The fourth-order valence-corrected chi connectivity index (χ4v) is 12.2. The number of hydrogen-bond acceptors (Lipinski definition) is 11. The van der Waals surface area contributed by atoms with Crippen LogP contribution in [0.4, 0.5) is 0 Å². The largest absolute Gasteiger partial charge is 0.432 e. The summed E-state index contributed by atoms with van der Waals surface area (Å²) in [6.07, 6.45) is -2.41. The molecule has 0 aromatic heterocycles. The van der Waals surface area contributed by atoms with Crippen molar-refractivity contribution in [2.75, 3.05) is 6.61 Å². The minimum absolute atomic E-state index is 0.0726. The molecule has 0 radical (unpaired) electrons. The monoisotopic (exact) mass is 664 g/mol. The molecule has 0 unspecified atom stereocenters. The molecule has 266 valence electrons. The highest BCUT2D eigenvalue weighted by Gasteiger charge is 2.72. The molecule has 17 atom stereocenters. The molecule has 6 aliphatic rings. The summed E-state index contributed by atoms with van der Waals surface area (Å²) in [5.41, 5.74) is -3.68. The second-order valence-electron chi connectivity index (χ2n) is 17.4. The lowest BCUT2D eigenvalue weighted by atomic mass is 9.33. The van der Waals surface area contributed by atoms with Gasteiger partial charge in [0.25, 0.3) is 0 Å². The van der Waals surface area contributed by atoms with Crippen LogP contribution in [0.1, 0.15) is 92.9 Å². The number of carbonyl (C=O) groups excluding carboxylic acids is 2. The van der Waals surface area contributed by atoms with Gasteiger partial charge in [0.1, 0.15) is 30.7 Å². The standard InChI is InChI=1S/C36H56O11/c1-18-9-12-36(30(44)47-29-26(42)25(41)24(40)21(16-37)46-29)14-13-33(4)19(27(36)35(18,6)45)7-8-23-31(2)15-20(39)28(43)32(3,17-38)22(31)10-11-34(23,33)5/h7,17-18,20-29,37,39-43,45H,8-16H2,1-6H3/t18-,20-,21-,22-,23-,24-,25+,26-,27-,28+,29+,31+,32+,33-,34-,35-,36+/m1/s1. The molecule has 6 rings (SSSR count). The Morgan fingerprint density at radius 1 is 0.957 bits per heavy atom. The van der Waals surface area contributed by atoms with Crippen molar-refractivity contribution in [3.63, 3.8) is 0 Å². The van der Waals surface area contributed by atoms with Crippen molar-refractivity contribution >= 4 is 12.3 Å². The summed E-state index contributed by atoms with van der Waals surface area (Å²) in [5, 5.41) is 75.5. The Balaban J connectivity index is 1.40. The van der Waals surface area contributed by atoms with E-state index in [9.17, 15) is 45.3 Å². The Labute approximate surface area is 277 Å². The molecule has 0 aromatic carbocycles. The number of fused-ring (bicyclic) bond motifs is 7. The first-order chi connectivity index (χ1) is 21.8. The van der Waals surface area contributed by atoms with Gasteiger partial charge in [-0.15, -0.1) is 0 Å². The highest BCUT2D eigenvalue weighted by molar-refractivity contribution is 5.79. The molecule has 7 N–H and O–H groups in total. The maximum Gasteiger partial charge on any atom is 0.315 e. The van der Waals surface area contributed by atoms with E-state index in [2.05, 4.69) is 26.8 Å². The van der Waals surface area contributed by atoms with Crippen molar-refractivity contribution in [2.24, 2.45) is 50.7 Å². The summed E-state index contributed by atoms with van der Waals surface area (Å²) in [5.74, 6) is -1.43. The van der Waals surface area contributed by atoms with Gasteiger partial charge in [0, 0.05) is 5.92 Å². The van der Waals surface area contributed by atoms with Gasteiger partial charge >= 0.3 is 5.97 Å². The van der Waals surface area contributed by atoms with Crippen molar-refractivity contribution in [3.8, 4) is 0 Å². The number of ether oxygens (including phenoxy) is 2. The number of carbonyl (C=O) groups is 2. The second-order valence-corrected chi connectivity index (χ2v) is 17.4. The summed E-state index contributed by atoms with van der Waals surface area (Å²) in [6.45, 7) is 11.6. The van der Waals surface area contributed by atoms with Crippen molar-refractivity contribution in [2.45, 2.75) is 141 Å². The third-order valence-corrected chi connectivity index (χ3v) is 15.5. The summed E-state index contributed by atoms with van der Waals surface area (Å²) in [7, 11) is 0. The Kier molecular flexibility index (Phi) is 8.50. The zero-order valence-corrected chi connectivity index (χ0v) is 28.6. The fraction of sp³-hybridized carbons (Fsp3) is 0.889. The van der Waals surface area contributed by atoms with Gasteiger partial charge < -0.3 is 50.0 Å². The van der Waals surface area contributed by atoms with Crippen LogP contribution in [0.25, 0.3) is 0 Å². The van der Waals surface area contributed by atoms with Crippen LogP contribution in [0.2, 0.25) is 0 Å². The van der Waals surface area contributed by atoms with Crippen LogP contribution in [0.5, 0.6) is 0 Å². The predicted molar refractivity (Wildman–Crippen MR) is 168 cm³/mol. The lowest BCUT2D eigenvalue weighted by molar-refractivity contribution is -0.299. The van der Waals surface area contributed by atoms with Crippen molar-refractivity contribution in [1.29, 1.82) is 0 Å². The van der Waals surface area contributed by atoms with E-state index in [-0.39, 0.29) is 23.2 Å². The molecule has 1 saturated heterocycles. The van der Waals surface area contributed by atoms with Crippen molar-refractivity contribution < 1.29 is 54.8 Å². The van der Waals surface area contributed by atoms with Crippen LogP contribution < -0.4 is 0 Å². The topological polar surface area (TPSA) is 194 Å². The van der Waals surface area contributed by atoms with Crippen LogP contribution in [0, 0.1) is 50.7 Å². The van der Waals surface area contributed by atoms with Crippen molar-refractivity contribution in [1.82, 2.24) is 0 Å². The Bertz CT molecular complexity index is 1300. The lowest BCUT2D eigenvalue weighted by Gasteiger charge is -2.71. The van der Waals surface area contributed by atoms with Gasteiger partial charge in [0.05, 0.1) is 35.2 Å². The van der Waals surface area contributed by atoms with E-state index in [0.29, 0.717) is 44.9 Å². The van der Waals surface area contributed by atoms with Crippen molar-refractivity contribution in [3.05, 3.63) is 11.6 Å². The maximum absolute atomic E-state index is 14.5. The number of esters is 1. The van der Waals surface area contributed by atoms with Gasteiger partial charge in [-0.1, -0.05) is 46.3 Å². The molecule has 4 saturated carbocycles. The van der Waals surface area contributed by atoms with Crippen LogP contribution in [-0.2, 0) is 19.1 Å². The van der Waals surface area contributed by atoms with Crippen LogP contribution in [0.15, 0.2) is 11.6 Å². The smallest absolute Gasteiger partial charge is 0.315 e. The van der Waals surface area contributed by atoms with Gasteiger partial charge in [0.2, 0.25) is 6.29 Å². The number of aliphatic hydroxyl groups excluding tert-OH is 6. The Morgan fingerprint density at radius 3 is 2.28 bits per heavy atom. The molecular weight excluding hydrogens is 608 g/mol. The normalized spacial score (nSPS) is 57.4. The van der Waals surface area contributed by atoms with Crippen LogP contribution in [0.3, 0.4) is 0 Å². The number of aliphatic hydroxyl groups is 7. The van der Waals surface area contributed by atoms with Crippen LogP contribution >= 0.6 is 0 Å². The Hall–Kier alpha value is -1.44. The molecular formula is C36H56O11. The van der Waals surface area contributed by atoms with E-state index >= 15 is 0 Å². The van der Waals surface area contributed by atoms with E-state index in [1.807, 2.05) is 6.92 Å². The van der Waals surface area contributed by atoms with Gasteiger partial charge in [0.15, 0.2) is 0 Å². The van der Waals surface area contributed by atoms with Gasteiger partial charge in [-0.2, -0.15) is 0 Å². The predicted octanol–water partition coefficient (Wildman–Crippen LogP) is 1.61. The number of hydrogen-bond donors (Lipinski definition) is 7. The first-order valence-corrected chi connectivity index (χ1v) is 17.6. The highest BCUT2D eigenvalue weighted by atomic mass is 16.7. The molecule has 1 aliphatic heterocycles. The minimum atomic E-state index is -1.73. The molecule has 47 heavy (non-hydrogen) atoms. The molecule has 0 bridgehead atoms. The minimum Gasteiger partial charge on any atom is -0.432 e. The van der Waals surface area contributed by atoms with Gasteiger partial charge in [-0.25, -0.2) is 0 Å². The number of allylic oxidation sites excluding steroid dienone is 1. The molecule has 0 spiro atoms. The average Bonchev–Trinajstić information content (AvgIpc) is 3.02. The first-order valence-electron chi connectivity index (χ1n) is 17.6. The highest BCUT2D eigenvalue weighted by Crippen LogP contribution is 2.76. The summed E-state index contributed by atoms with van der Waals surface area (Å²) in [4.78, 5) is 27.0. The summed E-state index contributed by atoms with van der Waals surface area (Å²) < 4.78 is 11.4. The second kappa shape index (κ2) is 11.3. The molecule has 5 aliphatic carbocycles. The van der Waals surface area contributed by atoms with E-state index in [1.165, 1.54) is 0 Å². The summed E-state index contributed by atoms with van der Waals surface area (Å²) in [6, 6.07) is 0. The molecule has 11 heteroatoms. The van der Waals surface area contributed by atoms with E-state index in [4.69, 9.17) is 9.47 Å².